The molecule has 20 heavy (non-hydrogen) atoms. The highest BCUT2D eigenvalue weighted by atomic mass is 19.1. The van der Waals surface area contributed by atoms with Gasteiger partial charge in [-0.25, -0.2) is 13.8 Å². The predicted molar refractivity (Wildman–Crippen MR) is 72.8 cm³/mol. The lowest BCUT2D eigenvalue weighted by molar-refractivity contribution is 0.102. The number of halogens is 2. The molecule has 0 aliphatic heterocycles. The van der Waals surface area contributed by atoms with Gasteiger partial charge in [0.25, 0.3) is 5.91 Å². The van der Waals surface area contributed by atoms with Crippen molar-refractivity contribution in [3.05, 3.63) is 53.2 Å². The topological polar surface area (TPSA) is 54.0 Å². The molecule has 4 nitrogen and oxygen atoms in total. The van der Waals surface area contributed by atoms with Crippen LogP contribution in [0.1, 0.15) is 15.9 Å². The zero-order valence-corrected chi connectivity index (χ0v) is 11.0. The Morgan fingerprint density at radius 3 is 2.70 bits per heavy atom. The monoisotopic (exact) mass is 277 g/mol. The number of hydrogen-bond donors (Lipinski definition) is 2. The summed E-state index contributed by atoms with van der Waals surface area (Å²) >= 11 is 0. The fraction of sp³-hybridized carbons (Fsp3) is 0.143. The number of pyridine rings is 1. The minimum atomic E-state index is -0.640. The van der Waals surface area contributed by atoms with E-state index in [9.17, 15) is 13.6 Å². The molecule has 0 saturated heterocycles. The lowest BCUT2D eigenvalue weighted by atomic mass is 10.2. The first kappa shape index (κ1) is 13.9. The maximum Gasteiger partial charge on any atom is 0.259 e. The Balaban J connectivity index is 2.32. The van der Waals surface area contributed by atoms with Crippen LogP contribution < -0.4 is 10.6 Å². The summed E-state index contributed by atoms with van der Waals surface area (Å²) in [4.78, 5) is 15.8. The molecule has 0 fully saturated rings. The van der Waals surface area contributed by atoms with Gasteiger partial charge in [0.05, 0.1) is 17.4 Å². The molecule has 0 bridgehead atoms. The summed E-state index contributed by atoms with van der Waals surface area (Å²) in [6.45, 7) is 1.78. The largest absolute Gasteiger partial charge is 0.372 e. The van der Waals surface area contributed by atoms with Crippen LogP contribution in [0.15, 0.2) is 30.5 Å². The number of benzene rings is 1. The highest BCUT2D eigenvalue weighted by Crippen LogP contribution is 2.19. The van der Waals surface area contributed by atoms with Gasteiger partial charge in [-0.2, -0.15) is 0 Å². The minimum Gasteiger partial charge on any atom is -0.372 e. The molecule has 1 aromatic carbocycles. The summed E-state index contributed by atoms with van der Waals surface area (Å²) in [5, 5.41) is 5.09. The van der Waals surface area contributed by atoms with E-state index in [0.717, 1.165) is 17.8 Å². The molecule has 0 radical (unpaired) electrons. The summed E-state index contributed by atoms with van der Waals surface area (Å²) < 4.78 is 26.8. The molecule has 6 heteroatoms. The lowest BCUT2D eigenvalue weighted by Gasteiger charge is -2.10. The molecular formula is C14H13F2N3O. The van der Waals surface area contributed by atoms with Gasteiger partial charge in [0.1, 0.15) is 17.5 Å². The van der Waals surface area contributed by atoms with Crippen LogP contribution in [0.4, 0.5) is 20.3 Å². The molecule has 2 N–H and O–H groups in total. The first-order valence-corrected chi connectivity index (χ1v) is 5.92. The minimum absolute atomic E-state index is 0.00778. The number of nitrogens with one attached hydrogen (secondary N) is 2. The van der Waals surface area contributed by atoms with E-state index in [2.05, 4.69) is 15.6 Å². The van der Waals surface area contributed by atoms with Gasteiger partial charge in [0, 0.05) is 7.05 Å². The number of nitrogens with zero attached hydrogens (tertiary/aromatic N) is 1. The Bertz CT molecular complexity index is 659. The molecule has 0 aliphatic rings. The van der Waals surface area contributed by atoms with Crippen molar-refractivity contribution in [2.45, 2.75) is 6.92 Å². The van der Waals surface area contributed by atoms with Crippen molar-refractivity contribution in [2.24, 2.45) is 0 Å². The zero-order chi connectivity index (χ0) is 14.7. The van der Waals surface area contributed by atoms with Gasteiger partial charge >= 0.3 is 0 Å². The number of carbonyl (C=O) groups is 1. The van der Waals surface area contributed by atoms with Crippen LogP contribution in [0.5, 0.6) is 0 Å². The predicted octanol–water partition coefficient (Wildman–Crippen LogP) is 2.96. The third-order valence-electron chi connectivity index (χ3n) is 2.71. The normalized spacial score (nSPS) is 10.2. The van der Waals surface area contributed by atoms with Crippen molar-refractivity contribution < 1.29 is 13.6 Å². The van der Waals surface area contributed by atoms with E-state index >= 15 is 0 Å². The van der Waals surface area contributed by atoms with Crippen molar-refractivity contribution in [2.75, 3.05) is 17.7 Å². The maximum atomic E-state index is 13.6. The quantitative estimate of drug-likeness (QED) is 0.907. The molecule has 1 amide bonds. The van der Waals surface area contributed by atoms with Crippen molar-refractivity contribution in [1.82, 2.24) is 4.98 Å². The van der Waals surface area contributed by atoms with Gasteiger partial charge in [-0.15, -0.1) is 0 Å². The van der Waals surface area contributed by atoms with Crippen molar-refractivity contribution in [3.63, 3.8) is 0 Å². The molecule has 0 aliphatic carbocycles. The second-order valence-electron chi connectivity index (χ2n) is 4.24. The molecule has 0 unspecified atom stereocenters. The van der Waals surface area contributed by atoms with Crippen LogP contribution in [-0.4, -0.2) is 17.9 Å². The number of amides is 1. The Morgan fingerprint density at radius 2 is 2.00 bits per heavy atom. The van der Waals surface area contributed by atoms with E-state index in [-0.39, 0.29) is 17.1 Å². The molecule has 104 valence electrons. The summed E-state index contributed by atoms with van der Waals surface area (Å²) in [6.07, 6.45) is 0.996. The van der Waals surface area contributed by atoms with Crippen LogP contribution in [0.2, 0.25) is 0 Å². The summed E-state index contributed by atoms with van der Waals surface area (Å²) in [5.74, 6) is -1.61. The molecule has 0 saturated carbocycles. The van der Waals surface area contributed by atoms with E-state index in [1.165, 1.54) is 12.1 Å². The van der Waals surface area contributed by atoms with E-state index in [1.807, 2.05) is 0 Å². The standard InChI is InChI=1S/C14H13F2N3O/c1-8-3-4-11(16)12(5-8)19-14(20)10-6-9(15)7-18-13(10)17-2/h3-7H,1-2H3,(H,17,18)(H,19,20). The first-order valence-electron chi connectivity index (χ1n) is 5.92. The SMILES string of the molecule is CNc1ncc(F)cc1C(=O)Nc1cc(C)ccc1F. The van der Waals surface area contributed by atoms with Crippen LogP contribution in [0, 0.1) is 18.6 Å². The number of anilines is 2. The van der Waals surface area contributed by atoms with Crippen LogP contribution in [-0.2, 0) is 0 Å². The molecule has 1 heterocycles. The third-order valence-corrected chi connectivity index (χ3v) is 2.71. The summed E-state index contributed by atoms with van der Waals surface area (Å²) in [7, 11) is 1.56. The van der Waals surface area contributed by atoms with Gasteiger partial charge < -0.3 is 10.6 Å². The van der Waals surface area contributed by atoms with Crippen molar-refractivity contribution >= 4 is 17.4 Å². The highest BCUT2D eigenvalue weighted by molar-refractivity contribution is 6.07. The maximum absolute atomic E-state index is 13.6. The second kappa shape index (κ2) is 5.64. The van der Waals surface area contributed by atoms with Gasteiger partial charge in [-0.1, -0.05) is 6.07 Å². The summed E-state index contributed by atoms with van der Waals surface area (Å²) in [5.41, 5.74) is 0.850. The van der Waals surface area contributed by atoms with Gasteiger partial charge in [-0.3, -0.25) is 4.79 Å². The first-order chi connectivity index (χ1) is 9.51. The summed E-state index contributed by atoms with van der Waals surface area (Å²) in [6, 6.07) is 5.39. The van der Waals surface area contributed by atoms with Crippen molar-refractivity contribution in [1.29, 1.82) is 0 Å². The number of aromatic nitrogens is 1. The molecule has 1 aromatic heterocycles. The average Bonchev–Trinajstić information content (AvgIpc) is 2.42. The highest BCUT2D eigenvalue weighted by Gasteiger charge is 2.15. The molecule has 2 rings (SSSR count). The fourth-order valence-corrected chi connectivity index (χ4v) is 1.74. The fourth-order valence-electron chi connectivity index (χ4n) is 1.74. The van der Waals surface area contributed by atoms with E-state index in [4.69, 9.17) is 0 Å². The number of rotatable bonds is 3. The van der Waals surface area contributed by atoms with Crippen molar-refractivity contribution in [3.8, 4) is 0 Å². The van der Waals surface area contributed by atoms with Crippen LogP contribution >= 0.6 is 0 Å². The number of carbonyl (C=O) groups excluding carboxylic acids is 1. The molecule has 0 atom stereocenters. The molecular weight excluding hydrogens is 264 g/mol. The molecule has 0 spiro atoms. The van der Waals surface area contributed by atoms with Gasteiger partial charge in [0.15, 0.2) is 0 Å². The lowest BCUT2D eigenvalue weighted by Crippen LogP contribution is -2.16. The zero-order valence-electron chi connectivity index (χ0n) is 11.0. The third kappa shape index (κ3) is 2.90. The van der Waals surface area contributed by atoms with E-state index in [0.29, 0.717) is 0 Å². The van der Waals surface area contributed by atoms with E-state index in [1.54, 1.807) is 20.0 Å². The van der Waals surface area contributed by atoms with Gasteiger partial charge in [-0.05, 0) is 30.7 Å². The number of hydrogen-bond acceptors (Lipinski definition) is 3. The Morgan fingerprint density at radius 1 is 1.25 bits per heavy atom. The van der Waals surface area contributed by atoms with E-state index < -0.39 is 17.5 Å². The Kier molecular flexibility index (Phi) is 3.93. The average molecular weight is 277 g/mol. The Hall–Kier alpha value is -2.50. The smallest absolute Gasteiger partial charge is 0.259 e. The van der Waals surface area contributed by atoms with Crippen LogP contribution in [0.3, 0.4) is 0 Å². The van der Waals surface area contributed by atoms with Crippen LogP contribution in [0.25, 0.3) is 0 Å². The second-order valence-corrected chi connectivity index (χ2v) is 4.24. The molecule has 2 aromatic rings. The number of aryl methyl sites for hydroxylation is 1. The van der Waals surface area contributed by atoms with Gasteiger partial charge in [0.2, 0.25) is 0 Å². The Labute approximate surface area is 114 Å².